The number of methoxy groups -OCH3 is 1. The van der Waals surface area contributed by atoms with Gasteiger partial charge in [-0.1, -0.05) is 36.2 Å². The van der Waals surface area contributed by atoms with Crippen LogP contribution in [0.25, 0.3) is 0 Å². The molecule has 2 rings (SSSR count). The molecular formula is C20H25ClN2O4S. The van der Waals surface area contributed by atoms with Crippen LogP contribution in [0.4, 0.5) is 11.4 Å². The maximum atomic E-state index is 13.0. The lowest BCUT2D eigenvalue weighted by Gasteiger charge is -2.30. The van der Waals surface area contributed by atoms with Crippen molar-refractivity contribution in [2.75, 3.05) is 23.0 Å². The van der Waals surface area contributed by atoms with Crippen molar-refractivity contribution in [3.05, 3.63) is 52.5 Å². The van der Waals surface area contributed by atoms with Crippen molar-refractivity contribution < 1.29 is 17.9 Å². The fourth-order valence-electron chi connectivity index (χ4n) is 3.02. The van der Waals surface area contributed by atoms with Crippen molar-refractivity contribution in [3.63, 3.8) is 0 Å². The van der Waals surface area contributed by atoms with E-state index in [0.29, 0.717) is 17.1 Å². The fraction of sp³-hybridized carbons (Fsp3) is 0.350. The molecule has 0 radical (unpaired) electrons. The normalized spacial score (nSPS) is 12.4. The molecule has 1 atom stereocenters. The fourth-order valence-corrected chi connectivity index (χ4v) is 4.48. The van der Waals surface area contributed by atoms with Gasteiger partial charge in [-0.15, -0.1) is 0 Å². The van der Waals surface area contributed by atoms with E-state index in [4.69, 9.17) is 16.3 Å². The number of halogens is 1. The van der Waals surface area contributed by atoms with Crippen LogP contribution in [0.5, 0.6) is 5.75 Å². The first-order chi connectivity index (χ1) is 13.1. The zero-order valence-electron chi connectivity index (χ0n) is 16.6. The van der Waals surface area contributed by atoms with Crippen LogP contribution in [0.15, 0.2) is 36.4 Å². The molecule has 1 amide bonds. The van der Waals surface area contributed by atoms with Gasteiger partial charge in [0.1, 0.15) is 11.8 Å². The van der Waals surface area contributed by atoms with Crippen LogP contribution in [-0.4, -0.2) is 33.7 Å². The van der Waals surface area contributed by atoms with E-state index in [9.17, 15) is 13.2 Å². The predicted molar refractivity (Wildman–Crippen MR) is 114 cm³/mol. The van der Waals surface area contributed by atoms with Crippen molar-refractivity contribution in [2.24, 2.45) is 0 Å². The maximum absolute atomic E-state index is 13.0. The Hall–Kier alpha value is -2.25. The predicted octanol–water partition coefficient (Wildman–Crippen LogP) is 4.15. The summed E-state index contributed by atoms with van der Waals surface area (Å²) in [5, 5.41) is 3.11. The van der Waals surface area contributed by atoms with E-state index in [1.54, 1.807) is 19.1 Å². The number of hydrogen-bond donors (Lipinski definition) is 1. The second-order valence-corrected chi connectivity index (χ2v) is 8.88. The lowest BCUT2D eigenvalue weighted by atomic mass is 10.1. The highest BCUT2D eigenvalue weighted by Crippen LogP contribution is 2.32. The van der Waals surface area contributed by atoms with Gasteiger partial charge in [-0.3, -0.25) is 9.10 Å². The number of ether oxygens (including phenoxy) is 1. The largest absolute Gasteiger partial charge is 0.495 e. The molecule has 0 aromatic heterocycles. The summed E-state index contributed by atoms with van der Waals surface area (Å²) in [6.07, 6.45) is 1.35. The van der Waals surface area contributed by atoms with Crippen LogP contribution in [0, 0.1) is 13.8 Å². The molecule has 6 nitrogen and oxygen atoms in total. The summed E-state index contributed by atoms with van der Waals surface area (Å²) in [6.45, 7) is 5.61. The summed E-state index contributed by atoms with van der Waals surface area (Å²) in [4.78, 5) is 13.0. The number of carbonyl (C=O) groups excluding carboxylic acids is 1. The average molecular weight is 425 g/mol. The van der Waals surface area contributed by atoms with Gasteiger partial charge in [-0.2, -0.15) is 0 Å². The van der Waals surface area contributed by atoms with E-state index in [2.05, 4.69) is 5.32 Å². The van der Waals surface area contributed by atoms with Gasteiger partial charge in [0.05, 0.1) is 24.1 Å². The molecule has 0 saturated heterocycles. The number of amides is 1. The molecule has 0 fully saturated rings. The van der Waals surface area contributed by atoms with Gasteiger partial charge in [-0.05, 0) is 50.1 Å². The minimum absolute atomic E-state index is 0.262. The number of nitrogens with zero attached hydrogens (tertiary/aromatic N) is 1. The Morgan fingerprint density at radius 2 is 1.89 bits per heavy atom. The van der Waals surface area contributed by atoms with E-state index in [1.165, 1.54) is 13.2 Å². The molecule has 152 valence electrons. The topological polar surface area (TPSA) is 75.7 Å². The van der Waals surface area contributed by atoms with Gasteiger partial charge in [0.2, 0.25) is 15.9 Å². The molecule has 0 spiro atoms. The summed E-state index contributed by atoms with van der Waals surface area (Å²) in [5.41, 5.74) is 2.93. The molecule has 8 heteroatoms. The molecule has 0 aliphatic carbocycles. The van der Waals surface area contributed by atoms with E-state index in [-0.39, 0.29) is 11.4 Å². The number of anilines is 2. The minimum atomic E-state index is -3.75. The molecule has 0 unspecified atom stereocenters. The SMILES string of the molecule is CC[C@@H](C(=O)Nc1ccc(C)cc1C)N(c1ccc(OC)c(Cl)c1)S(C)(=O)=O. The summed E-state index contributed by atoms with van der Waals surface area (Å²) < 4.78 is 31.3. The maximum Gasteiger partial charge on any atom is 0.248 e. The third kappa shape index (κ3) is 4.97. The monoisotopic (exact) mass is 424 g/mol. The Labute approximate surface area is 171 Å². The van der Waals surface area contributed by atoms with Crippen molar-refractivity contribution >= 4 is 38.9 Å². The molecule has 2 aromatic rings. The van der Waals surface area contributed by atoms with Gasteiger partial charge in [0.15, 0.2) is 0 Å². The first kappa shape index (κ1) is 22.0. The summed E-state index contributed by atoms with van der Waals surface area (Å²) >= 11 is 6.17. The number of sulfonamides is 1. The molecule has 0 aliphatic rings. The number of hydrogen-bond acceptors (Lipinski definition) is 4. The Morgan fingerprint density at radius 1 is 1.21 bits per heavy atom. The highest BCUT2D eigenvalue weighted by atomic mass is 35.5. The second kappa shape index (κ2) is 8.84. The number of rotatable bonds is 7. The van der Waals surface area contributed by atoms with Crippen molar-refractivity contribution in [3.8, 4) is 5.75 Å². The van der Waals surface area contributed by atoms with Crippen molar-refractivity contribution in [1.82, 2.24) is 0 Å². The van der Waals surface area contributed by atoms with Gasteiger partial charge in [0, 0.05) is 5.69 Å². The molecular weight excluding hydrogens is 400 g/mol. The van der Waals surface area contributed by atoms with Crippen LogP contribution < -0.4 is 14.4 Å². The van der Waals surface area contributed by atoms with E-state index < -0.39 is 22.0 Å². The van der Waals surface area contributed by atoms with Gasteiger partial charge < -0.3 is 10.1 Å². The molecule has 0 aliphatic heterocycles. The Balaban J connectivity index is 2.42. The lowest BCUT2D eigenvalue weighted by Crippen LogP contribution is -2.47. The van der Waals surface area contributed by atoms with E-state index in [1.807, 2.05) is 32.0 Å². The number of aryl methyl sites for hydroxylation is 2. The third-order valence-electron chi connectivity index (χ3n) is 4.36. The van der Waals surface area contributed by atoms with Crippen LogP contribution in [-0.2, 0) is 14.8 Å². The molecule has 28 heavy (non-hydrogen) atoms. The summed E-state index contributed by atoms with van der Waals surface area (Å²) in [6, 6.07) is 9.34. The van der Waals surface area contributed by atoms with E-state index >= 15 is 0 Å². The Bertz CT molecular complexity index is 976. The molecule has 0 bridgehead atoms. The lowest BCUT2D eigenvalue weighted by molar-refractivity contribution is -0.117. The first-order valence-corrected chi connectivity index (χ1v) is 11.0. The zero-order valence-corrected chi connectivity index (χ0v) is 18.2. The molecule has 2 aromatic carbocycles. The minimum Gasteiger partial charge on any atom is -0.495 e. The molecule has 0 heterocycles. The van der Waals surface area contributed by atoms with Gasteiger partial charge >= 0.3 is 0 Å². The highest BCUT2D eigenvalue weighted by molar-refractivity contribution is 7.92. The number of nitrogens with one attached hydrogen (secondary N) is 1. The van der Waals surface area contributed by atoms with Crippen LogP contribution in [0.2, 0.25) is 5.02 Å². The second-order valence-electron chi connectivity index (χ2n) is 6.61. The summed E-state index contributed by atoms with van der Waals surface area (Å²) in [7, 11) is -2.27. The summed E-state index contributed by atoms with van der Waals surface area (Å²) in [5.74, 6) is 0.0125. The number of carbonyl (C=O) groups is 1. The number of benzene rings is 2. The van der Waals surface area contributed by atoms with Gasteiger partial charge in [-0.25, -0.2) is 8.42 Å². The highest BCUT2D eigenvalue weighted by Gasteiger charge is 2.32. The Morgan fingerprint density at radius 3 is 2.39 bits per heavy atom. The first-order valence-electron chi connectivity index (χ1n) is 8.79. The van der Waals surface area contributed by atoms with Crippen molar-refractivity contribution in [1.29, 1.82) is 0 Å². The average Bonchev–Trinajstić information content (AvgIpc) is 2.60. The third-order valence-corrected chi connectivity index (χ3v) is 5.83. The van der Waals surface area contributed by atoms with Crippen LogP contribution >= 0.6 is 11.6 Å². The van der Waals surface area contributed by atoms with Crippen LogP contribution in [0.1, 0.15) is 24.5 Å². The van der Waals surface area contributed by atoms with Crippen molar-refractivity contribution in [2.45, 2.75) is 33.2 Å². The van der Waals surface area contributed by atoms with Gasteiger partial charge in [0.25, 0.3) is 0 Å². The molecule has 1 N–H and O–H groups in total. The zero-order chi connectivity index (χ0) is 21.1. The Kier molecular flexibility index (Phi) is 6.96. The van der Waals surface area contributed by atoms with Crippen LogP contribution in [0.3, 0.4) is 0 Å². The van der Waals surface area contributed by atoms with E-state index in [0.717, 1.165) is 21.7 Å². The standard InChI is InChI=1S/C20H25ClN2O4S/c1-6-18(20(24)22-17-9-7-13(2)11-14(17)3)23(28(5,25)26)15-8-10-19(27-4)16(21)12-15/h7-12,18H,6H2,1-5H3,(H,22,24)/t18-/m0/s1. The smallest absolute Gasteiger partial charge is 0.248 e. The quantitative estimate of drug-likeness (QED) is 0.724. The molecule has 0 saturated carbocycles.